The number of ether oxygens (including phenoxy) is 1. The number of nitrogens with two attached hydrogens (primary N) is 1. The van der Waals surface area contributed by atoms with E-state index in [-0.39, 0.29) is 44.8 Å². The lowest BCUT2D eigenvalue weighted by Gasteiger charge is -2.38. The number of nitrogens with one attached hydrogen (secondary N) is 1. The van der Waals surface area contributed by atoms with Crippen molar-refractivity contribution in [2.45, 2.75) is 12.6 Å². The van der Waals surface area contributed by atoms with Crippen LogP contribution in [-0.4, -0.2) is 87.4 Å². The second-order valence-electron chi connectivity index (χ2n) is 10.5. The molecule has 4 aromatic rings. The van der Waals surface area contributed by atoms with Crippen molar-refractivity contribution >= 4 is 57.6 Å². The number of primary amides is 1. The Morgan fingerprint density at radius 3 is 2.70 bits per heavy atom. The van der Waals surface area contributed by atoms with E-state index in [9.17, 15) is 19.5 Å². The lowest BCUT2D eigenvalue weighted by molar-refractivity contribution is -0.116. The summed E-state index contributed by atoms with van der Waals surface area (Å²) < 4.78 is 8.47. The zero-order valence-corrected chi connectivity index (χ0v) is 25.2. The Morgan fingerprint density at radius 2 is 1.98 bits per heavy atom. The number of phenols is 1. The average molecular weight is 630 g/mol. The van der Waals surface area contributed by atoms with Crippen molar-refractivity contribution in [1.82, 2.24) is 24.0 Å². The van der Waals surface area contributed by atoms with Crippen molar-refractivity contribution in [3.63, 3.8) is 0 Å². The SMILES string of the molecule is CN(C)CC1COCCN1c1cc(NC(=O)Cn2cc(-c3cc(Cl)c(O)c(C(N)=O)c3)c3c(=O)n(C)cnc32)c(Cl)cn1. The number of halogens is 2. The van der Waals surface area contributed by atoms with Crippen LogP contribution >= 0.6 is 23.2 Å². The molecule has 0 radical (unpaired) electrons. The molecule has 1 aliphatic heterocycles. The van der Waals surface area contributed by atoms with Gasteiger partial charge in [-0.3, -0.25) is 14.4 Å². The van der Waals surface area contributed by atoms with Gasteiger partial charge in [-0.05, 0) is 31.8 Å². The fourth-order valence-corrected chi connectivity index (χ4v) is 5.47. The van der Waals surface area contributed by atoms with E-state index >= 15 is 0 Å². The molecule has 5 rings (SSSR count). The number of carbonyl (C=O) groups excluding carboxylic acids is 2. The predicted octanol–water partition coefficient (Wildman–Crippen LogP) is 2.31. The lowest BCUT2D eigenvalue weighted by Crippen LogP contribution is -2.50. The first kappa shape index (κ1) is 30.3. The first-order valence-electron chi connectivity index (χ1n) is 13.3. The standard InChI is InChI=1S/C28H30Cl2N8O5/c1-35(2)10-16-13-43-5-4-38(16)22-8-21(20(30)9-32-22)34-23(39)12-37-11-18(24-27(37)33-14-36(3)28(24)42)15-6-17(26(31)41)25(40)19(29)7-15/h6-9,11,14,16,40H,4-5,10,12-13H2,1-3H3,(H2,31,41)(H,32,34,39). The van der Waals surface area contributed by atoms with Crippen molar-refractivity contribution in [3.8, 4) is 16.9 Å². The molecule has 15 heteroatoms. The molecule has 1 aromatic carbocycles. The number of nitrogens with zero attached hydrogens (tertiary/aromatic N) is 6. The van der Waals surface area contributed by atoms with Crippen molar-refractivity contribution in [2.75, 3.05) is 50.6 Å². The predicted molar refractivity (Wildman–Crippen MR) is 164 cm³/mol. The molecular weight excluding hydrogens is 599 g/mol. The van der Waals surface area contributed by atoms with E-state index in [0.717, 1.165) is 6.54 Å². The van der Waals surface area contributed by atoms with Crippen LogP contribution in [-0.2, 0) is 23.1 Å². The van der Waals surface area contributed by atoms with Gasteiger partial charge in [-0.15, -0.1) is 0 Å². The molecule has 0 spiro atoms. The summed E-state index contributed by atoms with van der Waals surface area (Å²) in [6, 6.07) is 4.54. The van der Waals surface area contributed by atoms with Crippen molar-refractivity contribution in [1.29, 1.82) is 0 Å². The third-order valence-electron chi connectivity index (χ3n) is 7.10. The van der Waals surface area contributed by atoms with E-state index in [1.54, 1.807) is 19.3 Å². The minimum atomic E-state index is -0.894. The van der Waals surface area contributed by atoms with Gasteiger partial charge in [-0.25, -0.2) is 9.97 Å². The number of amides is 2. The number of rotatable bonds is 8. The summed E-state index contributed by atoms with van der Waals surface area (Å²) in [6.45, 7) is 2.28. The van der Waals surface area contributed by atoms with Crippen molar-refractivity contribution < 1.29 is 19.4 Å². The summed E-state index contributed by atoms with van der Waals surface area (Å²) >= 11 is 12.6. The Kier molecular flexibility index (Phi) is 8.60. The normalized spacial score (nSPS) is 15.3. The van der Waals surface area contributed by atoms with Crippen LogP contribution in [0.25, 0.3) is 22.2 Å². The molecule has 1 atom stereocenters. The van der Waals surface area contributed by atoms with Crippen LogP contribution in [0.3, 0.4) is 0 Å². The number of morpholine rings is 1. The molecule has 1 aliphatic rings. The van der Waals surface area contributed by atoms with Gasteiger partial charge in [-0.1, -0.05) is 23.2 Å². The minimum absolute atomic E-state index is 0.0720. The fraction of sp³-hybridized carbons (Fsp3) is 0.321. The Morgan fingerprint density at radius 1 is 1.21 bits per heavy atom. The highest BCUT2D eigenvalue weighted by Gasteiger charge is 2.26. The molecule has 13 nitrogen and oxygen atoms in total. The number of hydrogen-bond acceptors (Lipinski definition) is 9. The number of likely N-dealkylation sites (N-methyl/N-ethyl adjacent to an activating group) is 1. The number of hydrogen-bond donors (Lipinski definition) is 3. The molecule has 3 aromatic heterocycles. The summed E-state index contributed by atoms with van der Waals surface area (Å²) in [5.74, 6) is -1.14. The van der Waals surface area contributed by atoms with E-state index in [2.05, 4.69) is 25.1 Å². The highest BCUT2D eigenvalue weighted by Crippen LogP contribution is 2.36. The zero-order valence-electron chi connectivity index (χ0n) is 23.7. The maximum Gasteiger partial charge on any atom is 0.263 e. The Hall–Kier alpha value is -4.17. The minimum Gasteiger partial charge on any atom is -0.506 e. The van der Waals surface area contributed by atoms with Gasteiger partial charge in [0, 0.05) is 38.0 Å². The van der Waals surface area contributed by atoms with Gasteiger partial charge < -0.3 is 39.8 Å². The van der Waals surface area contributed by atoms with Gasteiger partial charge in [0.15, 0.2) is 0 Å². The quantitative estimate of drug-likeness (QED) is 0.266. The topological polar surface area (TPSA) is 161 Å². The number of aromatic nitrogens is 4. The van der Waals surface area contributed by atoms with Gasteiger partial charge >= 0.3 is 0 Å². The van der Waals surface area contributed by atoms with E-state index in [1.807, 2.05) is 14.1 Å². The number of anilines is 2. The number of carbonyl (C=O) groups is 2. The number of fused-ring (bicyclic) bond motifs is 1. The maximum atomic E-state index is 13.3. The number of aryl methyl sites for hydroxylation is 1. The van der Waals surface area contributed by atoms with E-state index in [4.69, 9.17) is 33.7 Å². The molecule has 1 unspecified atom stereocenters. The number of benzene rings is 1. The molecule has 4 N–H and O–H groups in total. The number of pyridine rings is 1. The smallest absolute Gasteiger partial charge is 0.263 e. The van der Waals surface area contributed by atoms with Gasteiger partial charge in [0.1, 0.15) is 23.8 Å². The summed E-state index contributed by atoms with van der Waals surface area (Å²) in [5, 5.41) is 13.4. The summed E-state index contributed by atoms with van der Waals surface area (Å²) in [5.41, 5.74) is 6.13. The van der Waals surface area contributed by atoms with Crippen LogP contribution in [0, 0.1) is 0 Å². The average Bonchev–Trinajstić information content (AvgIpc) is 3.31. The molecule has 226 valence electrons. The second-order valence-corrected chi connectivity index (χ2v) is 11.3. The molecule has 2 amide bonds. The monoisotopic (exact) mass is 628 g/mol. The fourth-order valence-electron chi connectivity index (χ4n) is 5.10. The highest BCUT2D eigenvalue weighted by atomic mass is 35.5. The first-order valence-corrected chi connectivity index (χ1v) is 14.0. The van der Waals surface area contributed by atoms with E-state index in [1.165, 1.54) is 33.8 Å². The van der Waals surface area contributed by atoms with Gasteiger partial charge in [0.25, 0.3) is 11.5 Å². The molecule has 0 aliphatic carbocycles. The van der Waals surface area contributed by atoms with Gasteiger partial charge in [0.2, 0.25) is 5.91 Å². The first-order chi connectivity index (χ1) is 20.4. The van der Waals surface area contributed by atoms with Crippen LogP contribution in [0.1, 0.15) is 10.4 Å². The Labute approximate surface area is 256 Å². The molecule has 0 saturated carbocycles. The molecule has 1 fully saturated rings. The van der Waals surface area contributed by atoms with Crippen molar-refractivity contribution in [3.05, 3.63) is 62.9 Å². The van der Waals surface area contributed by atoms with E-state index < -0.39 is 17.6 Å². The van der Waals surface area contributed by atoms with Gasteiger partial charge in [-0.2, -0.15) is 0 Å². The highest BCUT2D eigenvalue weighted by molar-refractivity contribution is 6.34. The van der Waals surface area contributed by atoms with Crippen LogP contribution in [0.15, 0.2) is 41.7 Å². The summed E-state index contributed by atoms with van der Waals surface area (Å²) in [4.78, 5) is 51.5. The molecule has 1 saturated heterocycles. The summed E-state index contributed by atoms with van der Waals surface area (Å²) in [6.07, 6.45) is 4.40. The second kappa shape index (κ2) is 12.2. The zero-order chi connectivity index (χ0) is 31.0. The molecular formula is C28H30Cl2N8O5. The maximum absolute atomic E-state index is 13.3. The molecule has 0 bridgehead atoms. The number of aromatic hydroxyl groups is 1. The van der Waals surface area contributed by atoms with Gasteiger partial charge in [0.05, 0.1) is 58.5 Å². The largest absolute Gasteiger partial charge is 0.506 e. The van der Waals surface area contributed by atoms with Crippen LogP contribution < -0.4 is 21.5 Å². The third kappa shape index (κ3) is 6.15. The van der Waals surface area contributed by atoms with Crippen LogP contribution in [0.4, 0.5) is 11.5 Å². The Bertz CT molecular complexity index is 1790. The Balaban J connectivity index is 1.48. The van der Waals surface area contributed by atoms with Crippen LogP contribution in [0.2, 0.25) is 10.0 Å². The lowest BCUT2D eigenvalue weighted by atomic mass is 10.0. The molecule has 4 heterocycles. The summed E-state index contributed by atoms with van der Waals surface area (Å²) in [7, 11) is 5.52. The third-order valence-corrected chi connectivity index (χ3v) is 7.69. The van der Waals surface area contributed by atoms with E-state index in [0.29, 0.717) is 42.4 Å². The van der Waals surface area contributed by atoms with Crippen LogP contribution in [0.5, 0.6) is 5.75 Å². The van der Waals surface area contributed by atoms with Crippen molar-refractivity contribution in [2.24, 2.45) is 12.8 Å². The molecule has 43 heavy (non-hydrogen) atoms.